The maximum absolute atomic E-state index is 13.1. The predicted octanol–water partition coefficient (Wildman–Crippen LogP) is 2.75. The van der Waals surface area contributed by atoms with Crippen LogP contribution in [-0.2, 0) is 9.53 Å². The molecule has 1 unspecified atom stereocenters. The molecule has 22 heavy (non-hydrogen) atoms. The highest BCUT2D eigenvalue weighted by atomic mass is 35.5. The molecule has 2 saturated heterocycles. The number of piperidine rings is 1. The molecule has 0 aromatic heterocycles. The van der Waals surface area contributed by atoms with Gasteiger partial charge in [-0.1, -0.05) is 12.8 Å². The summed E-state index contributed by atoms with van der Waals surface area (Å²) in [6.07, 6.45) is 9.50. The number of hydrogen-bond donors (Lipinski definition) is 1. The van der Waals surface area contributed by atoms with Crippen LogP contribution in [0.2, 0.25) is 0 Å². The quantitative estimate of drug-likeness (QED) is 0.861. The van der Waals surface area contributed by atoms with Crippen LogP contribution in [0.1, 0.15) is 58.3 Å². The summed E-state index contributed by atoms with van der Waals surface area (Å²) in [6.45, 7) is 4.89. The molecule has 0 aromatic rings. The van der Waals surface area contributed by atoms with Crippen LogP contribution in [0.15, 0.2) is 0 Å². The molecule has 0 aromatic carbocycles. The van der Waals surface area contributed by atoms with E-state index in [4.69, 9.17) is 4.74 Å². The zero-order chi connectivity index (χ0) is 14.7. The van der Waals surface area contributed by atoms with Gasteiger partial charge in [-0.2, -0.15) is 0 Å². The number of nitrogens with zero attached hydrogens (tertiary/aromatic N) is 1. The molecule has 2 heterocycles. The highest BCUT2D eigenvalue weighted by Crippen LogP contribution is 2.29. The first-order chi connectivity index (χ1) is 10.2. The van der Waals surface area contributed by atoms with Crippen LogP contribution < -0.4 is 5.32 Å². The summed E-state index contributed by atoms with van der Waals surface area (Å²) in [5.74, 6) is 0.633. The van der Waals surface area contributed by atoms with Gasteiger partial charge in [0.05, 0.1) is 6.10 Å². The molecule has 5 heteroatoms. The van der Waals surface area contributed by atoms with Gasteiger partial charge in [-0.3, -0.25) is 4.79 Å². The molecule has 1 saturated carbocycles. The monoisotopic (exact) mass is 330 g/mol. The van der Waals surface area contributed by atoms with Gasteiger partial charge in [-0.15, -0.1) is 12.4 Å². The second-order valence-electron chi connectivity index (χ2n) is 7.14. The Bertz CT molecular complexity index is 355. The van der Waals surface area contributed by atoms with Crippen molar-refractivity contribution in [3.8, 4) is 0 Å². The van der Waals surface area contributed by atoms with Crippen LogP contribution in [0.5, 0.6) is 0 Å². The third kappa shape index (κ3) is 4.36. The van der Waals surface area contributed by atoms with E-state index < -0.39 is 0 Å². The normalized spacial score (nSPS) is 32.7. The fourth-order valence-corrected chi connectivity index (χ4v) is 4.23. The summed E-state index contributed by atoms with van der Waals surface area (Å²) in [4.78, 5) is 15.3. The summed E-state index contributed by atoms with van der Waals surface area (Å²) in [5.41, 5.74) is 0. The van der Waals surface area contributed by atoms with Crippen LogP contribution in [0.3, 0.4) is 0 Å². The predicted molar refractivity (Wildman–Crippen MR) is 90.4 cm³/mol. The van der Waals surface area contributed by atoms with Gasteiger partial charge in [0, 0.05) is 31.2 Å². The first-order valence-corrected chi connectivity index (χ1v) is 8.89. The summed E-state index contributed by atoms with van der Waals surface area (Å²) in [5, 5.41) is 3.45. The molecule has 0 bridgehead atoms. The topological polar surface area (TPSA) is 41.6 Å². The molecule has 2 aliphatic heterocycles. The minimum atomic E-state index is 0. The van der Waals surface area contributed by atoms with Gasteiger partial charge >= 0.3 is 0 Å². The maximum Gasteiger partial charge on any atom is 0.226 e. The summed E-state index contributed by atoms with van der Waals surface area (Å²) >= 11 is 0. The lowest BCUT2D eigenvalue weighted by Crippen LogP contribution is -2.49. The minimum Gasteiger partial charge on any atom is -0.376 e. The van der Waals surface area contributed by atoms with Gasteiger partial charge < -0.3 is 15.0 Å². The number of carbonyl (C=O) groups excluding carboxylic acids is 1. The summed E-state index contributed by atoms with van der Waals surface area (Å²) in [6, 6.07) is 0.952. The lowest BCUT2D eigenvalue weighted by Gasteiger charge is -2.36. The molecule has 3 rings (SSSR count). The van der Waals surface area contributed by atoms with Gasteiger partial charge in [0.1, 0.15) is 0 Å². The molecule has 1 amide bonds. The van der Waals surface area contributed by atoms with Crippen LogP contribution in [0.4, 0.5) is 0 Å². The van der Waals surface area contributed by atoms with Crippen LogP contribution in [0.25, 0.3) is 0 Å². The molecule has 0 spiro atoms. The summed E-state index contributed by atoms with van der Waals surface area (Å²) in [7, 11) is 0. The van der Waals surface area contributed by atoms with Crippen molar-refractivity contribution in [3.63, 3.8) is 0 Å². The van der Waals surface area contributed by atoms with E-state index in [0.717, 1.165) is 45.4 Å². The van der Waals surface area contributed by atoms with Crippen molar-refractivity contribution in [1.82, 2.24) is 10.2 Å². The van der Waals surface area contributed by atoms with Crippen LogP contribution in [-0.4, -0.2) is 48.7 Å². The number of halogens is 1. The molecular weight excluding hydrogens is 300 g/mol. The number of rotatable bonds is 4. The molecular formula is C17H31ClN2O2. The van der Waals surface area contributed by atoms with Crippen molar-refractivity contribution in [1.29, 1.82) is 0 Å². The number of nitrogens with one attached hydrogen (secondary N) is 1. The lowest BCUT2D eigenvalue weighted by atomic mass is 9.91. The van der Waals surface area contributed by atoms with Crippen molar-refractivity contribution in [2.75, 3.05) is 19.7 Å². The molecule has 1 N–H and O–H groups in total. The van der Waals surface area contributed by atoms with E-state index >= 15 is 0 Å². The van der Waals surface area contributed by atoms with Gasteiger partial charge in [0.15, 0.2) is 0 Å². The Balaban J connectivity index is 0.00000176. The number of carbonyl (C=O) groups is 1. The molecule has 3 aliphatic rings. The fourth-order valence-electron chi connectivity index (χ4n) is 4.23. The zero-order valence-corrected chi connectivity index (χ0v) is 14.6. The third-order valence-corrected chi connectivity index (χ3v) is 5.45. The average molecular weight is 331 g/mol. The van der Waals surface area contributed by atoms with E-state index in [-0.39, 0.29) is 24.4 Å². The number of ether oxygens (including phenoxy) is 1. The average Bonchev–Trinajstić information content (AvgIpc) is 3.17. The molecule has 3 atom stereocenters. The van der Waals surface area contributed by atoms with E-state index in [2.05, 4.69) is 17.1 Å². The SMILES string of the molecule is C[C@H]1C[C@@H](C(=O)N(CC2CCCO2)C2CCCC2)CCN1.Cl. The van der Waals surface area contributed by atoms with E-state index in [0.29, 0.717) is 18.0 Å². The second-order valence-corrected chi connectivity index (χ2v) is 7.14. The Kier molecular flexibility index (Phi) is 6.97. The van der Waals surface area contributed by atoms with Crippen molar-refractivity contribution in [2.45, 2.75) is 76.5 Å². The van der Waals surface area contributed by atoms with Gasteiger partial charge in [0.25, 0.3) is 0 Å². The zero-order valence-electron chi connectivity index (χ0n) is 13.8. The Hall–Kier alpha value is -0.320. The van der Waals surface area contributed by atoms with Gasteiger partial charge in [0.2, 0.25) is 5.91 Å². The third-order valence-electron chi connectivity index (χ3n) is 5.45. The van der Waals surface area contributed by atoms with E-state index in [9.17, 15) is 4.79 Å². The Labute approximate surface area is 140 Å². The molecule has 128 valence electrons. The largest absolute Gasteiger partial charge is 0.376 e. The first kappa shape index (κ1) is 18.0. The first-order valence-electron chi connectivity index (χ1n) is 8.89. The van der Waals surface area contributed by atoms with Gasteiger partial charge in [-0.05, 0) is 52.0 Å². The highest BCUT2D eigenvalue weighted by molar-refractivity contribution is 5.85. The molecule has 0 radical (unpaired) electrons. The van der Waals surface area contributed by atoms with Crippen molar-refractivity contribution >= 4 is 18.3 Å². The highest BCUT2D eigenvalue weighted by Gasteiger charge is 2.35. The fraction of sp³-hybridized carbons (Fsp3) is 0.941. The minimum absolute atomic E-state index is 0. The number of amides is 1. The second kappa shape index (κ2) is 8.51. The van der Waals surface area contributed by atoms with Gasteiger partial charge in [-0.25, -0.2) is 0 Å². The standard InChI is InChI=1S/C17H30N2O2.ClH/c1-13-11-14(8-9-18-13)17(20)19(15-5-2-3-6-15)12-16-7-4-10-21-16;/h13-16,18H,2-12H2,1H3;1H/t13-,14-,16?;/m0./s1. The Morgan fingerprint density at radius 3 is 2.59 bits per heavy atom. The van der Waals surface area contributed by atoms with Crippen molar-refractivity contribution < 1.29 is 9.53 Å². The van der Waals surface area contributed by atoms with E-state index in [1.54, 1.807) is 0 Å². The number of hydrogen-bond acceptors (Lipinski definition) is 3. The Morgan fingerprint density at radius 1 is 1.18 bits per heavy atom. The Morgan fingerprint density at radius 2 is 1.95 bits per heavy atom. The smallest absolute Gasteiger partial charge is 0.226 e. The van der Waals surface area contributed by atoms with E-state index in [1.165, 1.54) is 25.7 Å². The van der Waals surface area contributed by atoms with Crippen molar-refractivity contribution in [3.05, 3.63) is 0 Å². The molecule has 3 fully saturated rings. The van der Waals surface area contributed by atoms with Crippen LogP contribution in [0, 0.1) is 5.92 Å². The molecule has 4 nitrogen and oxygen atoms in total. The van der Waals surface area contributed by atoms with Crippen molar-refractivity contribution in [2.24, 2.45) is 5.92 Å². The maximum atomic E-state index is 13.1. The molecule has 1 aliphatic carbocycles. The van der Waals surface area contributed by atoms with E-state index in [1.807, 2.05) is 0 Å². The summed E-state index contributed by atoms with van der Waals surface area (Å²) < 4.78 is 5.80. The van der Waals surface area contributed by atoms with Crippen LogP contribution >= 0.6 is 12.4 Å². The lowest BCUT2D eigenvalue weighted by molar-refractivity contribution is -0.140.